The van der Waals surface area contributed by atoms with E-state index >= 15 is 0 Å². The van der Waals surface area contributed by atoms with Gasteiger partial charge in [0.25, 0.3) is 5.91 Å². The lowest BCUT2D eigenvalue weighted by Crippen LogP contribution is -2.30. The Morgan fingerprint density at radius 2 is 1.97 bits per heavy atom. The molecule has 0 aromatic heterocycles. The van der Waals surface area contributed by atoms with Crippen LogP contribution in [0.15, 0.2) is 42.1 Å². The Morgan fingerprint density at radius 3 is 2.59 bits per heavy atom. The topological polar surface area (TPSA) is 122 Å². The molecule has 10 heteroatoms. The van der Waals surface area contributed by atoms with Crippen LogP contribution in [0.5, 0.6) is 11.5 Å². The van der Waals surface area contributed by atoms with Crippen molar-refractivity contribution in [1.82, 2.24) is 10.2 Å². The third kappa shape index (κ3) is 4.15. The smallest absolute Gasteiger partial charge is 0.329 e. The lowest BCUT2D eigenvalue weighted by atomic mass is 10.1. The summed E-state index contributed by atoms with van der Waals surface area (Å²) in [5.41, 5.74) is 0.0441. The summed E-state index contributed by atoms with van der Waals surface area (Å²) in [6.07, 6.45) is 1.25. The first-order valence-corrected chi connectivity index (χ1v) is 8.53. The average Bonchev–Trinajstić information content (AvgIpc) is 2.93. The highest BCUT2D eigenvalue weighted by molar-refractivity contribution is 6.13. The highest BCUT2D eigenvalue weighted by Crippen LogP contribution is 2.37. The Morgan fingerprint density at radius 1 is 1.28 bits per heavy atom. The number of amides is 3. The molecule has 0 unspecified atom stereocenters. The van der Waals surface area contributed by atoms with Crippen molar-refractivity contribution in [3.8, 4) is 11.5 Å². The summed E-state index contributed by atoms with van der Waals surface area (Å²) >= 11 is 0. The number of benzene rings is 2. The van der Waals surface area contributed by atoms with Crippen molar-refractivity contribution in [1.29, 1.82) is 0 Å². The van der Waals surface area contributed by atoms with Gasteiger partial charge in [0.15, 0.2) is 5.75 Å². The van der Waals surface area contributed by atoms with Gasteiger partial charge < -0.3 is 15.2 Å². The van der Waals surface area contributed by atoms with Gasteiger partial charge in [-0.1, -0.05) is 12.1 Å². The van der Waals surface area contributed by atoms with Crippen molar-refractivity contribution in [2.45, 2.75) is 13.5 Å². The van der Waals surface area contributed by atoms with E-state index in [1.165, 1.54) is 36.4 Å². The molecule has 0 aliphatic carbocycles. The molecule has 3 rings (SSSR count). The fourth-order valence-corrected chi connectivity index (χ4v) is 2.76. The Labute approximate surface area is 164 Å². The molecule has 1 saturated heterocycles. The maximum Gasteiger partial charge on any atom is 0.329 e. The number of nitro groups is 1. The first kappa shape index (κ1) is 19.8. The number of rotatable bonds is 6. The van der Waals surface area contributed by atoms with Crippen molar-refractivity contribution in [2.75, 3.05) is 6.61 Å². The second-order valence-electron chi connectivity index (χ2n) is 6.08. The van der Waals surface area contributed by atoms with E-state index in [-0.39, 0.29) is 30.2 Å². The number of ether oxygens (including phenoxy) is 1. The van der Waals surface area contributed by atoms with Gasteiger partial charge in [0, 0.05) is 6.07 Å². The molecule has 0 atom stereocenters. The molecule has 2 N–H and O–H groups in total. The maximum atomic E-state index is 13.0. The van der Waals surface area contributed by atoms with Gasteiger partial charge >= 0.3 is 11.7 Å². The van der Waals surface area contributed by atoms with Crippen LogP contribution in [-0.4, -0.2) is 33.5 Å². The Balaban J connectivity index is 1.90. The number of phenolic OH excluding ortho intramolecular Hbond substituents is 1. The molecule has 3 amide bonds. The summed E-state index contributed by atoms with van der Waals surface area (Å²) in [6, 6.07) is 7.05. The predicted molar refractivity (Wildman–Crippen MR) is 99.4 cm³/mol. The van der Waals surface area contributed by atoms with Crippen LogP contribution in [0.25, 0.3) is 6.08 Å². The quantitative estimate of drug-likeness (QED) is 0.332. The lowest BCUT2D eigenvalue weighted by Gasteiger charge is -2.11. The molecule has 150 valence electrons. The average molecular weight is 401 g/mol. The highest BCUT2D eigenvalue weighted by atomic mass is 19.1. The van der Waals surface area contributed by atoms with Crippen LogP contribution in [0, 0.1) is 15.9 Å². The molecule has 0 bridgehead atoms. The minimum absolute atomic E-state index is 0.0673. The van der Waals surface area contributed by atoms with Gasteiger partial charge in [0.05, 0.1) is 18.1 Å². The van der Waals surface area contributed by atoms with Crippen molar-refractivity contribution < 1.29 is 28.7 Å². The summed E-state index contributed by atoms with van der Waals surface area (Å²) < 4.78 is 18.2. The first-order chi connectivity index (χ1) is 13.8. The van der Waals surface area contributed by atoms with Crippen molar-refractivity contribution in [2.24, 2.45) is 0 Å². The van der Waals surface area contributed by atoms with Gasteiger partial charge in [0.1, 0.15) is 11.5 Å². The largest absolute Gasteiger partial charge is 0.500 e. The van der Waals surface area contributed by atoms with Crippen LogP contribution in [0.1, 0.15) is 18.1 Å². The summed E-state index contributed by atoms with van der Waals surface area (Å²) in [6.45, 7) is 1.73. The molecule has 0 radical (unpaired) electrons. The second-order valence-corrected chi connectivity index (χ2v) is 6.08. The second kappa shape index (κ2) is 7.97. The molecule has 1 fully saturated rings. The number of hydrogen-bond donors (Lipinski definition) is 2. The highest BCUT2D eigenvalue weighted by Gasteiger charge is 2.33. The van der Waals surface area contributed by atoms with Crippen molar-refractivity contribution in [3.05, 3.63) is 69.2 Å². The van der Waals surface area contributed by atoms with Gasteiger partial charge in [-0.05, 0) is 42.3 Å². The molecule has 0 spiro atoms. The fourth-order valence-electron chi connectivity index (χ4n) is 2.76. The summed E-state index contributed by atoms with van der Waals surface area (Å²) in [7, 11) is 0. The number of nitrogens with zero attached hydrogens (tertiary/aromatic N) is 2. The minimum Gasteiger partial charge on any atom is -0.500 e. The van der Waals surface area contributed by atoms with Crippen LogP contribution in [0.3, 0.4) is 0 Å². The number of nitrogens with one attached hydrogen (secondary N) is 1. The van der Waals surface area contributed by atoms with Gasteiger partial charge in [-0.25, -0.2) is 9.18 Å². The van der Waals surface area contributed by atoms with Crippen LogP contribution < -0.4 is 10.1 Å². The maximum absolute atomic E-state index is 13.0. The lowest BCUT2D eigenvalue weighted by molar-refractivity contribution is -0.386. The van der Waals surface area contributed by atoms with Gasteiger partial charge in [0.2, 0.25) is 5.75 Å². The van der Waals surface area contributed by atoms with Gasteiger partial charge in [-0.2, -0.15) is 0 Å². The molecule has 2 aromatic carbocycles. The monoisotopic (exact) mass is 401 g/mol. The van der Waals surface area contributed by atoms with E-state index in [9.17, 15) is 29.2 Å². The van der Waals surface area contributed by atoms with E-state index in [1.807, 2.05) is 0 Å². The van der Waals surface area contributed by atoms with E-state index < -0.39 is 34.1 Å². The zero-order chi connectivity index (χ0) is 21.1. The van der Waals surface area contributed by atoms with Crippen molar-refractivity contribution >= 4 is 23.7 Å². The zero-order valence-electron chi connectivity index (χ0n) is 15.2. The molecule has 1 heterocycles. The fraction of sp³-hybridized carbons (Fsp3) is 0.158. The Kier molecular flexibility index (Phi) is 5.44. The number of aromatic hydroxyl groups is 1. The zero-order valence-corrected chi connectivity index (χ0v) is 15.2. The van der Waals surface area contributed by atoms with Gasteiger partial charge in [-0.15, -0.1) is 0 Å². The van der Waals surface area contributed by atoms with Crippen LogP contribution in [0.2, 0.25) is 0 Å². The summed E-state index contributed by atoms with van der Waals surface area (Å²) in [4.78, 5) is 36.0. The third-order valence-electron chi connectivity index (χ3n) is 4.10. The molecule has 9 nitrogen and oxygen atoms in total. The van der Waals surface area contributed by atoms with E-state index in [0.717, 1.165) is 11.0 Å². The van der Waals surface area contributed by atoms with E-state index in [1.54, 1.807) is 6.92 Å². The van der Waals surface area contributed by atoms with E-state index in [0.29, 0.717) is 5.56 Å². The number of phenols is 1. The Bertz CT molecular complexity index is 1020. The summed E-state index contributed by atoms with van der Waals surface area (Å²) in [5, 5.41) is 23.5. The number of nitro benzene ring substituents is 1. The SMILES string of the molecule is CCOc1cc(/C=C2/NC(=O)N(Cc3ccc(F)cc3)C2=O)cc([N+](=O)[O-])c1O. The molecule has 0 saturated carbocycles. The molecule has 2 aromatic rings. The van der Waals surface area contributed by atoms with Crippen LogP contribution >= 0.6 is 0 Å². The predicted octanol–water partition coefficient (Wildman–Crippen LogP) is 2.93. The van der Waals surface area contributed by atoms with Crippen LogP contribution in [-0.2, 0) is 11.3 Å². The van der Waals surface area contributed by atoms with Gasteiger partial charge in [-0.3, -0.25) is 19.8 Å². The minimum atomic E-state index is -0.782. The molecule has 29 heavy (non-hydrogen) atoms. The normalized spacial score (nSPS) is 15.0. The molecular formula is C19H16FN3O6. The molecular weight excluding hydrogens is 385 g/mol. The number of urea groups is 1. The van der Waals surface area contributed by atoms with Crippen molar-refractivity contribution in [3.63, 3.8) is 0 Å². The molecule has 1 aliphatic heterocycles. The van der Waals surface area contributed by atoms with E-state index in [4.69, 9.17) is 4.74 Å². The van der Waals surface area contributed by atoms with Crippen LogP contribution in [0.4, 0.5) is 14.9 Å². The summed E-state index contributed by atoms with van der Waals surface area (Å²) in [5.74, 6) is -1.83. The molecule has 1 aliphatic rings. The first-order valence-electron chi connectivity index (χ1n) is 8.53. The number of carbonyl (C=O) groups is 2. The number of imide groups is 1. The number of carbonyl (C=O) groups excluding carboxylic acids is 2. The Hall–Kier alpha value is -3.95. The number of halogens is 1. The standard InChI is InChI=1S/C19H16FN3O6/c1-2-29-16-9-12(8-15(17(16)24)23(27)28)7-14-18(25)22(19(26)21-14)10-11-3-5-13(20)6-4-11/h3-9,24H,2,10H2,1H3,(H,21,26)/b14-7+. The van der Waals surface area contributed by atoms with E-state index in [2.05, 4.69) is 5.32 Å². The third-order valence-corrected chi connectivity index (χ3v) is 4.10. The number of hydrogen-bond acceptors (Lipinski definition) is 6.